The number of aliphatic carboxylic acids is 1. The quantitative estimate of drug-likeness (QED) is 0.800. The summed E-state index contributed by atoms with van der Waals surface area (Å²) in [5, 5.41) is 9.14. The van der Waals surface area contributed by atoms with Gasteiger partial charge in [-0.2, -0.15) is 0 Å². The largest absolute Gasteiger partial charge is 0.481 e. The summed E-state index contributed by atoms with van der Waals surface area (Å²) in [6.45, 7) is 3.92. The summed E-state index contributed by atoms with van der Waals surface area (Å²) in [7, 11) is 0. The molecule has 1 aromatic rings. The third kappa shape index (κ3) is 4.40. The lowest BCUT2D eigenvalue weighted by atomic mass is 9.84. The molecule has 3 nitrogen and oxygen atoms in total. The Morgan fingerprint density at radius 3 is 2.44 bits per heavy atom. The van der Waals surface area contributed by atoms with Crippen LogP contribution in [0.15, 0.2) is 24.3 Å². The highest BCUT2D eigenvalue weighted by Gasteiger charge is 2.23. The van der Waals surface area contributed by atoms with Gasteiger partial charge in [-0.1, -0.05) is 38.8 Å². The highest BCUT2D eigenvalue weighted by Crippen LogP contribution is 2.24. The number of hydrogen-bond acceptors (Lipinski definition) is 1. The lowest BCUT2D eigenvalue weighted by molar-refractivity contribution is -0.143. The first-order chi connectivity index (χ1) is 8.54. The second-order valence-corrected chi connectivity index (χ2v) is 4.93. The first-order valence-corrected chi connectivity index (χ1v) is 6.58. The molecule has 2 unspecified atom stereocenters. The van der Waals surface area contributed by atoms with E-state index in [1.807, 2.05) is 12.1 Å². The molecular weight excluding hydrogens is 226 g/mol. The van der Waals surface area contributed by atoms with E-state index in [9.17, 15) is 4.79 Å². The molecule has 0 spiro atoms. The van der Waals surface area contributed by atoms with Gasteiger partial charge in [-0.3, -0.25) is 4.79 Å². The minimum absolute atomic E-state index is 0.180. The molecule has 0 aliphatic rings. The maximum absolute atomic E-state index is 11.1. The van der Waals surface area contributed by atoms with Gasteiger partial charge in [-0.25, -0.2) is 0 Å². The number of carboxylic acid groups (broad SMARTS) is 1. The van der Waals surface area contributed by atoms with E-state index in [2.05, 4.69) is 6.92 Å². The molecule has 0 amide bonds. The van der Waals surface area contributed by atoms with Crippen LogP contribution in [0.1, 0.15) is 38.7 Å². The fourth-order valence-electron chi connectivity index (χ4n) is 2.14. The Hall–Kier alpha value is -1.51. The Morgan fingerprint density at radius 2 is 1.94 bits per heavy atom. The van der Waals surface area contributed by atoms with Gasteiger partial charge in [0.25, 0.3) is 0 Å². The van der Waals surface area contributed by atoms with E-state index >= 15 is 0 Å². The molecule has 0 fully saturated rings. The highest BCUT2D eigenvalue weighted by molar-refractivity contribution is 5.69. The molecule has 1 rings (SSSR count). The van der Waals surface area contributed by atoms with Crippen molar-refractivity contribution in [2.24, 2.45) is 11.8 Å². The third-order valence-corrected chi connectivity index (χ3v) is 3.48. The summed E-state index contributed by atoms with van der Waals surface area (Å²) in [6, 6.07) is 7.38. The van der Waals surface area contributed by atoms with Gasteiger partial charge < -0.3 is 10.8 Å². The lowest BCUT2D eigenvalue weighted by Gasteiger charge is -2.21. The number of carbonyl (C=O) groups is 1. The van der Waals surface area contributed by atoms with Crippen molar-refractivity contribution in [2.75, 3.05) is 0 Å². The van der Waals surface area contributed by atoms with Gasteiger partial charge >= 0.3 is 5.97 Å². The van der Waals surface area contributed by atoms with Gasteiger partial charge in [-0.15, -0.1) is 0 Å². The van der Waals surface area contributed by atoms with E-state index < -0.39 is 5.97 Å². The van der Waals surface area contributed by atoms with E-state index in [1.165, 1.54) is 0 Å². The maximum atomic E-state index is 11.1. The van der Waals surface area contributed by atoms with Gasteiger partial charge in [-0.05, 0) is 36.5 Å². The summed E-state index contributed by atoms with van der Waals surface area (Å²) < 4.78 is 0. The minimum Gasteiger partial charge on any atom is -0.481 e. The molecule has 0 aliphatic carbocycles. The van der Waals surface area contributed by atoms with Gasteiger partial charge in [0.15, 0.2) is 0 Å². The van der Waals surface area contributed by atoms with Crippen LogP contribution in [-0.2, 0) is 11.2 Å². The van der Waals surface area contributed by atoms with Crippen LogP contribution in [0.3, 0.4) is 0 Å². The van der Waals surface area contributed by atoms with Crippen molar-refractivity contribution in [3.63, 3.8) is 0 Å². The normalized spacial score (nSPS) is 14.1. The molecule has 2 N–H and O–H groups in total. The molecule has 0 saturated carbocycles. The smallest absolute Gasteiger partial charge is 0.306 e. The standard InChI is InChI=1S/C15H22NO2/c1-3-4-5-13(11(2)15(17)18)10-12-6-8-14(16)9-7-12/h6-9,11,13,16H,3-5,10H2,1-2H3,(H,17,18). The van der Waals surface area contributed by atoms with E-state index in [4.69, 9.17) is 10.8 Å². The molecule has 0 saturated heterocycles. The van der Waals surface area contributed by atoms with Crippen molar-refractivity contribution in [1.82, 2.24) is 5.73 Å². The van der Waals surface area contributed by atoms with Crippen molar-refractivity contribution in [1.29, 1.82) is 0 Å². The zero-order valence-electron chi connectivity index (χ0n) is 11.1. The molecule has 2 atom stereocenters. The van der Waals surface area contributed by atoms with Crippen molar-refractivity contribution < 1.29 is 9.90 Å². The average molecular weight is 248 g/mol. The summed E-state index contributed by atoms with van der Waals surface area (Å²) in [5.41, 5.74) is 9.06. The van der Waals surface area contributed by atoms with Crippen LogP contribution in [0.5, 0.6) is 0 Å². The predicted octanol–water partition coefficient (Wildman–Crippen LogP) is 3.67. The van der Waals surface area contributed by atoms with Crippen LogP contribution in [0.2, 0.25) is 0 Å². The first kappa shape index (κ1) is 14.6. The Labute approximate surface area is 109 Å². The topological polar surface area (TPSA) is 61.1 Å². The summed E-state index contributed by atoms with van der Waals surface area (Å²) in [5.74, 6) is -0.848. The van der Waals surface area contributed by atoms with Crippen LogP contribution >= 0.6 is 0 Å². The lowest BCUT2D eigenvalue weighted by Crippen LogP contribution is -2.22. The molecule has 18 heavy (non-hydrogen) atoms. The summed E-state index contributed by atoms with van der Waals surface area (Å²) >= 11 is 0. The number of unbranched alkanes of at least 4 members (excludes halogenated alkanes) is 1. The molecule has 0 heterocycles. The number of benzene rings is 1. The van der Waals surface area contributed by atoms with Crippen molar-refractivity contribution in [3.05, 3.63) is 29.8 Å². The van der Waals surface area contributed by atoms with Crippen molar-refractivity contribution >= 4 is 11.7 Å². The zero-order valence-corrected chi connectivity index (χ0v) is 11.1. The molecule has 1 aromatic carbocycles. The molecule has 0 bridgehead atoms. The van der Waals surface area contributed by atoms with Crippen LogP contribution in [0, 0.1) is 11.8 Å². The second kappa shape index (κ2) is 7.04. The number of nitrogens with one attached hydrogen (secondary N) is 1. The number of carboxylic acids is 1. The molecule has 1 radical (unpaired) electrons. The van der Waals surface area contributed by atoms with Crippen LogP contribution in [0.4, 0.5) is 5.69 Å². The van der Waals surface area contributed by atoms with E-state index in [-0.39, 0.29) is 11.8 Å². The van der Waals surface area contributed by atoms with Gasteiger partial charge in [0.1, 0.15) is 0 Å². The molecule has 0 aromatic heterocycles. The van der Waals surface area contributed by atoms with Gasteiger partial charge in [0.05, 0.1) is 11.6 Å². The Balaban J connectivity index is 2.70. The average Bonchev–Trinajstić information content (AvgIpc) is 2.35. The second-order valence-electron chi connectivity index (χ2n) is 4.93. The van der Waals surface area contributed by atoms with Crippen LogP contribution in [-0.4, -0.2) is 11.1 Å². The fraction of sp³-hybridized carbons (Fsp3) is 0.533. The Bertz CT molecular complexity index is 373. The first-order valence-electron chi connectivity index (χ1n) is 6.58. The summed E-state index contributed by atoms with van der Waals surface area (Å²) in [6.07, 6.45) is 3.90. The highest BCUT2D eigenvalue weighted by atomic mass is 16.4. The van der Waals surface area contributed by atoms with E-state index in [0.29, 0.717) is 5.69 Å². The SMILES string of the molecule is CCCCC(Cc1ccc([NH])cc1)C(C)C(=O)O. The number of hydrogen-bond donors (Lipinski definition) is 1. The predicted molar refractivity (Wildman–Crippen MR) is 72.7 cm³/mol. The van der Waals surface area contributed by atoms with Crippen LogP contribution in [0.25, 0.3) is 0 Å². The monoisotopic (exact) mass is 248 g/mol. The molecular formula is C15H22NO2. The minimum atomic E-state index is -0.715. The zero-order chi connectivity index (χ0) is 13.5. The van der Waals surface area contributed by atoms with Crippen molar-refractivity contribution in [3.8, 4) is 0 Å². The number of rotatable bonds is 7. The van der Waals surface area contributed by atoms with Gasteiger partial charge in [0.2, 0.25) is 0 Å². The molecule has 0 aliphatic heterocycles. The molecule has 99 valence electrons. The Kier molecular flexibility index (Phi) is 5.69. The fourth-order valence-corrected chi connectivity index (χ4v) is 2.14. The molecule has 3 heteroatoms. The van der Waals surface area contributed by atoms with Gasteiger partial charge in [0, 0.05) is 0 Å². The summed E-state index contributed by atoms with van der Waals surface area (Å²) in [4.78, 5) is 11.1. The Morgan fingerprint density at radius 1 is 1.33 bits per heavy atom. The maximum Gasteiger partial charge on any atom is 0.306 e. The third-order valence-electron chi connectivity index (χ3n) is 3.48. The van der Waals surface area contributed by atoms with E-state index in [0.717, 1.165) is 31.2 Å². The van der Waals surface area contributed by atoms with Crippen LogP contribution < -0.4 is 5.73 Å². The van der Waals surface area contributed by atoms with Crippen molar-refractivity contribution in [2.45, 2.75) is 39.5 Å². The van der Waals surface area contributed by atoms with E-state index in [1.54, 1.807) is 19.1 Å².